The number of aliphatic hydroxyl groups is 1. The van der Waals surface area contributed by atoms with Crippen molar-refractivity contribution in [2.24, 2.45) is 0 Å². The molecule has 84 valence electrons. The Hall–Kier alpha value is -0.930. The summed E-state index contributed by atoms with van der Waals surface area (Å²) in [6.07, 6.45) is -0.666. The first kappa shape index (κ1) is 12.1. The van der Waals surface area contributed by atoms with E-state index in [9.17, 15) is 9.50 Å². The van der Waals surface area contributed by atoms with E-state index in [1.54, 1.807) is 6.07 Å². The Bertz CT molecular complexity index is 327. The van der Waals surface area contributed by atoms with E-state index in [4.69, 9.17) is 0 Å². The lowest BCUT2D eigenvalue weighted by Gasteiger charge is -2.21. The minimum absolute atomic E-state index is 0.0736. The molecule has 15 heavy (non-hydrogen) atoms. The Morgan fingerprint density at radius 3 is 2.73 bits per heavy atom. The van der Waals surface area contributed by atoms with Gasteiger partial charge in [0.25, 0.3) is 0 Å². The fourth-order valence-corrected chi connectivity index (χ4v) is 1.63. The van der Waals surface area contributed by atoms with Crippen LogP contribution in [0.3, 0.4) is 0 Å². The Morgan fingerprint density at radius 2 is 2.13 bits per heavy atom. The van der Waals surface area contributed by atoms with Crippen molar-refractivity contribution in [3.05, 3.63) is 35.1 Å². The molecule has 1 aromatic carbocycles. The Kier molecular flexibility index (Phi) is 4.24. The van der Waals surface area contributed by atoms with E-state index in [0.29, 0.717) is 5.56 Å². The molecule has 0 heterocycles. The minimum Gasteiger partial charge on any atom is -0.387 e. The van der Waals surface area contributed by atoms with Crippen LogP contribution in [0.5, 0.6) is 0 Å². The maximum atomic E-state index is 13.0. The van der Waals surface area contributed by atoms with Gasteiger partial charge in [0.1, 0.15) is 5.82 Å². The molecular formula is C12H18FNO. The SMILES string of the molecule is CCNC(C)C(O)c1cc(F)ccc1C. The number of likely N-dealkylation sites (N-methyl/N-ethyl adjacent to an activating group) is 1. The van der Waals surface area contributed by atoms with Gasteiger partial charge in [0.2, 0.25) is 0 Å². The second kappa shape index (κ2) is 5.24. The van der Waals surface area contributed by atoms with Crippen LogP contribution in [-0.2, 0) is 0 Å². The number of aryl methyl sites for hydroxylation is 1. The lowest BCUT2D eigenvalue weighted by molar-refractivity contribution is 0.136. The van der Waals surface area contributed by atoms with Crippen LogP contribution in [0.2, 0.25) is 0 Å². The highest BCUT2D eigenvalue weighted by molar-refractivity contribution is 5.29. The van der Waals surface area contributed by atoms with Crippen molar-refractivity contribution in [3.63, 3.8) is 0 Å². The summed E-state index contributed by atoms with van der Waals surface area (Å²) < 4.78 is 13.0. The summed E-state index contributed by atoms with van der Waals surface area (Å²) in [5.41, 5.74) is 1.57. The summed E-state index contributed by atoms with van der Waals surface area (Å²) in [6.45, 7) is 6.52. The maximum absolute atomic E-state index is 13.0. The zero-order valence-electron chi connectivity index (χ0n) is 9.42. The van der Waals surface area contributed by atoms with Crippen molar-refractivity contribution in [3.8, 4) is 0 Å². The fraction of sp³-hybridized carbons (Fsp3) is 0.500. The molecule has 0 aliphatic carbocycles. The van der Waals surface area contributed by atoms with Gasteiger partial charge in [0, 0.05) is 6.04 Å². The predicted molar refractivity (Wildman–Crippen MR) is 59.2 cm³/mol. The molecule has 0 saturated carbocycles. The minimum atomic E-state index is -0.666. The highest BCUT2D eigenvalue weighted by atomic mass is 19.1. The van der Waals surface area contributed by atoms with Crippen LogP contribution in [-0.4, -0.2) is 17.7 Å². The van der Waals surface area contributed by atoms with Crippen LogP contribution < -0.4 is 5.32 Å². The summed E-state index contributed by atoms with van der Waals surface area (Å²) in [6, 6.07) is 4.42. The molecule has 2 nitrogen and oxygen atoms in total. The molecule has 3 heteroatoms. The number of hydrogen-bond acceptors (Lipinski definition) is 2. The van der Waals surface area contributed by atoms with Crippen molar-refractivity contribution in [2.75, 3.05) is 6.54 Å². The van der Waals surface area contributed by atoms with Crippen LogP contribution >= 0.6 is 0 Å². The second-order valence-electron chi connectivity index (χ2n) is 3.79. The van der Waals surface area contributed by atoms with E-state index in [1.165, 1.54) is 12.1 Å². The zero-order valence-corrected chi connectivity index (χ0v) is 9.42. The summed E-state index contributed by atoms with van der Waals surface area (Å²) >= 11 is 0. The van der Waals surface area contributed by atoms with Crippen molar-refractivity contribution in [1.82, 2.24) is 5.32 Å². The van der Waals surface area contributed by atoms with E-state index in [0.717, 1.165) is 12.1 Å². The molecule has 0 aromatic heterocycles. The first-order chi connectivity index (χ1) is 7.06. The average molecular weight is 211 g/mol. The molecule has 2 atom stereocenters. The zero-order chi connectivity index (χ0) is 11.4. The first-order valence-corrected chi connectivity index (χ1v) is 5.23. The van der Waals surface area contributed by atoms with Crippen LogP contribution in [0.25, 0.3) is 0 Å². The third kappa shape index (κ3) is 3.01. The fourth-order valence-electron chi connectivity index (χ4n) is 1.63. The molecule has 1 aromatic rings. The number of aliphatic hydroxyl groups excluding tert-OH is 1. The number of nitrogens with one attached hydrogen (secondary N) is 1. The van der Waals surface area contributed by atoms with Gasteiger partial charge in [0.15, 0.2) is 0 Å². The van der Waals surface area contributed by atoms with Crippen LogP contribution in [0.15, 0.2) is 18.2 Å². The van der Waals surface area contributed by atoms with Crippen molar-refractivity contribution in [1.29, 1.82) is 0 Å². The summed E-state index contributed by atoms with van der Waals surface area (Å²) in [4.78, 5) is 0. The third-order valence-corrected chi connectivity index (χ3v) is 2.56. The molecule has 2 unspecified atom stereocenters. The van der Waals surface area contributed by atoms with Gasteiger partial charge in [-0.15, -0.1) is 0 Å². The van der Waals surface area contributed by atoms with Gasteiger partial charge in [-0.2, -0.15) is 0 Å². The number of hydrogen-bond donors (Lipinski definition) is 2. The molecule has 0 bridgehead atoms. The number of rotatable bonds is 4. The second-order valence-corrected chi connectivity index (χ2v) is 3.79. The van der Waals surface area contributed by atoms with Gasteiger partial charge in [-0.1, -0.05) is 13.0 Å². The standard InChI is InChI=1S/C12H18FNO/c1-4-14-9(3)12(15)11-7-10(13)6-5-8(11)2/h5-7,9,12,14-15H,4H2,1-3H3. The van der Waals surface area contributed by atoms with Gasteiger partial charge in [-0.25, -0.2) is 4.39 Å². The van der Waals surface area contributed by atoms with Crippen LogP contribution in [0, 0.1) is 12.7 Å². The predicted octanol–water partition coefficient (Wildman–Crippen LogP) is 2.17. The van der Waals surface area contributed by atoms with Crippen LogP contribution in [0.1, 0.15) is 31.1 Å². The van der Waals surface area contributed by atoms with Crippen molar-refractivity contribution >= 4 is 0 Å². The molecule has 0 saturated heterocycles. The van der Waals surface area contributed by atoms with Gasteiger partial charge >= 0.3 is 0 Å². The summed E-state index contributed by atoms with van der Waals surface area (Å²) in [5.74, 6) is -0.307. The van der Waals surface area contributed by atoms with Crippen LogP contribution in [0.4, 0.5) is 4.39 Å². The number of halogens is 1. The average Bonchev–Trinajstić information content (AvgIpc) is 2.21. The Morgan fingerprint density at radius 1 is 1.47 bits per heavy atom. The molecule has 1 rings (SSSR count). The molecular weight excluding hydrogens is 193 g/mol. The largest absolute Gasteiger partial charge is 0.387 e. The van der Waals surface area contributed by atoms with E-state index in [2.05, 4.69) is 5.32 Å². The van der Waals surface area contributed by atoms with Crippen molar-refractivity contribution in [2.45, 2.75) is 32.9 Å². The van der Waals surface area contributed by atoms with Gasteiger partial charge < -0.3 is 10.4 Å². The summed E-state index contributed by atoms with van der Waals surface area (Å²) in [7, 11) is 0. The van der Waals surface area contributed by atoms with Gasteiger partial charge in [0.05, 0.1) is 6.10 Å². The highest BCUT2D eigenvalue weighted by Crippen LogP contribution is 2.21. The maximum Gasteiger partial charge on any atom is 0.123 e. The monoisotopic (exact) mass is 211 g/mol. The summed E-state index contributed by atoms with van der Waals surface area (Å²) in [5, 5.41) is 13.1. The molecule has 0 radical (unpaired) electrons. The number of benzene rings is 1. The van der Waals surface area contributed by atoms with E-state index in [-0.39, 0.29) is 11.9 Å². The topological polar surface area (TPSA) is 32.3 Å². The molecule has 0 aliphatic rings. The molecule has 0 spiro atoms. The molecule has 0 amide bonds. The molecule has 0 aliphatic heterocycles. The van der Waals surface area contributed by atoms with E-state index < -0.39 is 6.10 Å². The third-order valence-electron chi connectivity index (χ3n) is 2.56. The lowest BCUT2D eigenvalue weighted by Crippen LogP contribution is -2.32. The van der Waals surface area contributed by atoms with Gasteiger partial charge in [-0.3, -0.25) is 0 Å². The lowest BCUT2D eigenvalue weighted by atomic mass is 9.98. The van der Waals surface area contributed by atoms with E-state index in [1.807, 2.05) is 20.8 Å². The van der Waals surface area contributed by atoms with Gasteiger partial charge in [-0.05, 0) is 43.7 Å². The normalized spacial score (nSPS) is 15.0. The molecule has 2 N–H and O–H groups in total. The highest BCUT2D eigenvalue weighted by Gasteiger charge is 2.17. The Balaban J connectivity index is 2.89. The Labute approximate surface area is 90.1 Å². The van der Waals surface area contributed by atoms with E-state index >= 15 is 0 Å². The smallest absolute Gasteiger partial charge is 0.123 e. The molecule has 0 fully saturated rings. The quantitative estimate of drug-likeness (QED) is 0.800. The first-order valence-electron chi connectivity index (χ1n) is 5.23. The van der Waals surface area contributed by atoms with Crippen molar-refractivity contribution < 1.29 is 9.50 Å².